The minimum Gasteiger partial charge on any atom is -0.494 e. The molecule has 160 valence electrons. The van der Waals surface area contributed by atoms with E-state index in [1.807, 2.05) is 6.92 Å². The molecule has 8 nitrogen and oxygen atoms in total. The molecular weight excluding hydrogens is 386 g/mol. The van der Waals surface area contributed by atoms with Gasteiger partial charge in [0.2, 0.25) is 0 Å². The second kappa shape index (κ2) is 12.1. The topological polar surface area (TPSA) is 106 Å². The van der Waals surface area contributed by atoms with Crippen molar-refractivity contribution in [1.82, 2.24) is 16.2 Å². The van der Waals surface area contributed by atoms with Gasteiger partial charge < -0.3 is 14.8 Å². The van der Waals surface area contributed by atoms with Crippen molar-refractivity contribution in [2.24, 2.45) is 0 Å². The van der Waals surface area contributed by atoms with Crippen molar-refractivity contribution in [2.45, 2.75) is 26.7 Å². The van der Waals surface area contributed by atoms with Gasteiger partial charge in [0.05, 0.1) is 19.8 Å². The van der Waals surface area contributed by atoms with Gasteiger partial charge in [-0.15, -0.1) is 0 Å². The Morgan fingerprint density at radius 3 is 1.90 bits per heavy atom. The fourth-order valence-electron chi connectivity index (χ4n) is 2.41. The smallest absolute Gasteiger partial charge is 0.269 e. The molecule has 0 radical (unpaired) electrons. The zero-order chi connectivity index (χ0) is 21.8. The highest BCUT2D eigenvalue weighted by molar-refractivity contribution is 5.98. The number of ether oxygens (including phenoxy) is 2. The van der Waals surface area contributed by atoms with E-state index in [4.69, 9.17) is 9.47 Å². The van der Waals surface area contributed by atoms with Crippen LogP contribution in [0.1, 0.15) is 47.4 Å². The number of carbonyl (C=O) groups is 3. The molecule has 0 saturated carbocycles. The van der Waals surface area contributed by atoms with Gasteiger partial charge in [0, 0.05) is 11.1 Å². The van der Waals surface area contributed by atoms with Gasteiger partial charge in [0.1, 0.15) is 11.5 Å². The van der Waals surface area contributed by atoms with Crippen molar-refractivity contribution < 1.29 is 23.9 Å². The van der Waals surface area contributed by atoms with Gasteiger partial charge in [0.25, 0.3) is 17.7 Å². The van der Waals surface area contributed by atoms with Gasteiger partial charge in [0.15, 0.2) is 0 Å². The Labute approximate surface area is 175 Å². The molecule has 0 aliphatic heterocycles. The van der Waals surface area contributed by atoms with E-state index in [0.29, 0.717) is 35.8 Å². The predicted molar refractivity (Wildman–Crippen MR) is 112 cm³/mol. The largest absolute Gasteiger partial charge is 0.494 e. The quantitative estimate of drug-likeness (QED) is 0.410. The molecule has 2 aromatic carbocycles. The summed E-state index contributed by atoms with van der Waals surface area (Å²) < 4.78 is 10.9. The summed E-state index contributed by atoms with van der Waals surface area (Å²) in [6.07, 6.45) is 2.01. The summed E-state index contributed by atoms with van der Waals surface area (Å²) in [6.45, 7) is 4.83. The molecular formula is C22H27N3O5. The highest BCUT2D eigenvalue weighted by atomic mass is 16.5. The number of unbranched alkanes of at least 4 members (excludes halogenated alkanes) is 1. The number of hydrogen-bond donors (Lipinski definition) is 3. The Kier molecular flexibility index (Phi) is 9.18. The van der Waals surface area contributed by atoms with Crippen molar-refractivity contribution in [2.75, 3.05) is 19.8 Å². The summed E-state index contributed by atoms with van der Waals surface area (Å²) in [6, 6.07) is 13.2. The number of amides is 3. The Balaban J connectivity index is 1.73. The van der Waals surface area contributed by atoms with E-state index in [2.05, 4.69) is 23.1 Å². The molecule has 30 heavy (non-hydrogen) atoms. The van der Waals surface area contributed by atoms with Crippen LogP contribution < -0.4 is 25.6 Å². The Morgan fingerprint density at radius 2 is 1.33 bits per heavy atom. The van der Waals surface area contributed by atoms with E-state index in [1.54, 1.807) is 48.5 Å². The summed E-state index contributed by atoms with van der Waals surface area (Å²) in [4.78, 5) is 36.0. The van der Waals surface area contributed by atoms with Crippen LogP contribution in [0.5, 0.6) is 11.5 Å². The summed E-state index contributed by atoms with van der Waals surface area (Å²) in [5, 5.41) is 2.50. The minimum absolute atomic E-state index is 0.281. The lowest BCUT2D eigenvalue weighted by atomic mass is 10.2. The summed E-state index contributed by atoms with van der Waals surface area (Å²) in [5.41, 5.74) is 5.33. The molecule has 3 amide bonds. The molecule has 0 heterocycles. The van der Waals surface area contributed by atoms with Crippen molar-refractivity contribution in [1.29, 1.82) is 0 Å². The molecule has 2 rings (SSSR count). The molecule has 0 fully saturated rings. The van der Waals surface area contributed by atoms with E-state index < -0.39 is 17.7 Å². The lowest BCUT2D eigenvalue weighted by molar-refractivity contribution is -0.120. The Morgan fingerprint density at radius 1 is 0.767 bits per heavy atom. The van der Waals surface area contributed by atoms with Crippen molar-refractivity contribution in [3.05, 3.63) is 59.7 Å². The maximum atomic E-state index is 12.1. The second-order valence-electron chi connectivity index (χ2n) is 6.37. The Hall–Kier alpha value is -3.55. The van der Waals surface area contributed by atoms with Crippen LogP contribution in [0, 0.1) is 0 Å². The standard InChI is InChI=1S/C22H27N3O5/c1-3-5-14-30-19-12-6-16(7-13-19)21(27)23-15-20(26)24-25-22(28)17-8-10-18(11-9-17)29-4-2/h6-13H,3-5,14-15H2,1-2H3,(H,23,27)(H,24,26)(H,25,28). The predicted octanol–water partition coefficient (Wildman–Crippen LogP) is 2.46. The number of nitrogens with one attached hydrogen (secondary N) is 3. The molecule has 0 bridgehead atoms. The molecule has 0 saturated heterocycles. The number of rotatable bonds is 10. The normalized spacial score (nSPS) is 10.1. The first-order valence-corrected chi connectivity index (χ1v) is 9.86. The van der Waals surface area contributed by atoms with Crippen molar-refractivity contribution >= 4 is 17.7 Å². The van der Waals surface area contributed by atoms with E-state index in [0.717, 1.165) is 12.8 Å². The third kappa shape index (κ3) is 7.46. The van der Waals surface area contributed by atoms with Crippen LogP contribution in [-0.4, -0.2) is 37.5 Å². The lowest BCUT2D eigenvalue weighted by Gasteiger charge is -2.10. The first kappa shape index (κ1) is 22.7. The highest BCUT2D eigenvalue weighted by Crippen LogP contribution is 2.13. The second-order valence-corrected chi connectivity index (χ2v) is 6.37. The number of benzene rings is 2. The Bertz CT molecular complexity index is 835. The van der Waals surface area contributed by atoms with Crippen LogP contribution >= 0.6 is 0 Å². The maximum absolute atomic E-state index is 12.1. The molecule has 2 aromatic rings. The van der Waals surface area contributed by atoms with Crippen LogP contribution in [0.4, 0.5) is 0 Å². The summed E-state index contributed by atoms with van der Waals surface area (Å²) in [7, 11) is 0. The molecule has 0 aromatic heterocycles. The summed E-state index contributed by atoms with van der Waals surface area (Å²) >= 11 is 0. The van der Waals surface area contributed by atoms with E-state index in [9.17, 15) is 14.4 Å². The lowest BCUT2D eigenvalue weighted by Crippen LogP contribution is -2.46. The van der Waals surface area contributed by atoms with E-state index in [1.165, 1.54) is 0 Å². The third-order valence-corrected chi connectivity index (χ3v) is 4.04. The first-order chi connectivity index (χ1) is 14.5. The number of hydrazine groups is 1. The number of hydrogen-bond acceptors (Lipinski definition) is 5. The molecule has 0 aliphatic rings. The van der Waals surface area contributed by atoms with Crippen LogP contribution in [0.3, 0.4) is 0 Å². The molecule has 0 unspecified atom stereocenters. The van der Waals surface area contributed by atoms with Crippen LogP contribution in [0.25, 0.3) is 0 Å². The van der Waals surface area contributed by atoms with Crippen LogP contribution in [-0.2, 0) is 4.79 Å². The average molecular weight is 413 g/mol. The van der Waals surface area contributed by atoms with Gasteiger partial charge in [-0.3, -0.25) is 25.2 Å². The third-order valence-electron chi connectivity index (χ3n) is 4.04. The molecule has 0 atom stereocenters. The minimum atomic E-state index is -0.554. The highest BCUT2D eigenvalue weighted by Gasteiger charge is 2.10. The monoisotopic (exact) mass is 413 g/mol. The number of carbonyl (C=O) groups excluding carboxylic acids is 3. The van der Waals surface area contributed by atoms with E-state index in [-0.39, 0.29) is 6.54 Å². The zero-order valence-electron chi connectivity index (χ0n) is 17.2. The first-order valence-electron chi connectivity index (χ1n) is 9.86. The van der Waals surface area contributed by atoms with Gasteiger partial charge in [-0.1, -0.05) is 13.3 Å². The van der Waals surface area contributed by atoms with Gasteiger partial charge in [-0.05, 0) is 61.9 Å². The summed E-state index contributed by atoms with van der Waals surface area (Å²) in [5.74, 6) is -0.0854. The molecule has 0 aliphatic carbocycles. The van der Waals surface area contributed by atoms with E-state index >= 15 is 0 Å². The van der Waals surface area contributed by atoms with Gasteiger partial charge in [-0.2, -0.15) is 0 Å². The van der Waals surface area contributed by atoms with Crippen LogP contribution in [0.15, 0.2) is 48.5 Å². The fourth-order valence-corrected chi connectivity index (χ4v) is 2.41. The zero-order valence-corrected chi connectivity index (χ0v) is 17.2. The fraction of sp³-hybridized carbons (Fsp3) is 0.318. The average Bonchev–Trinajstić information content (AvgIpc) is 2.77. The SMILES string of the molecule is CCCCOc1ccc(C(=O)NCC(=O)NNC(=O)c2ccc(OCC)cc2)cc1. The maximum Gasteiger partial charge on any atom is 0.269 e. The molecule has 3 N–H and O–H groups in total. The van der Waals surface area contributed by atoms with Crippen LogP contribution in [0.2, 0.25) is 0 Å². The van der Waals surface area contributed by atoms with Gasteiger partial charge in [-0.25, -0.2) is 0 Å². The molecule has 0 spiro atoms. The van der Waals surface area contributed by atoms with Crippen molar-refractivity contribution in [3.63, 3.8) is 0 Å². The van der Waals surface area contributed by atoms with Gasteiger partial charge >= 0.3 is 0 Å². The van der Waals surface area contributed by atoms with Crippen molar-refractivity contribution in [3.8, 4) is 11.5 Å². The molecule has 8 heteroatoms.